The van der Waals surface area contributed by atoms with E-state index in [0.29, 0.717) is 34.4 Å². The van der Waals surface area contributed by atoms with Crippen molar-refractivity contribution >= 4 is 34.8 Å². The highest BCUT2D eigenvalue weighted by Crippen LogP contribution is 2.51. The number of benzene rings is 1. The van der Waals surface area contributed by atoms with Gasteiger partial charge in [-0.05, 0) is 69.4 Å². The van der Waals surface area contributed by atoms with Crippen molar-refractivity contribution in [3.8, 4) is 5.75 Å². The van der Waals surface area contributed by atoms with Crippen LogP contribution in [0, 0.1) is 11.3 Å². The SMILES string of the molecule is CCCCC1(CCC2CC2)Cc2cc(OCCCCCC(C)=O)c(Cl)c(Cl)c2C1=O. The maximum atomic E-state index is 13.5. The molecule has 1 aromatic rings. The highest BCUT2D eigenvalue weighted by Gasteiger charge is 2.47. The van der Waals surface area contributed by atoms with E-state index in [1.165, 1.54) is 12.8 Å². The number of ketones is 2. The Balaban J connectivity index is 1.70. The lowest BCUT2D eigenvalue weighted by Crippen LogP contribution is -2.28. The minimum absolute atomic E-state index is 0.189. The number of fused-ring (bicyclic) bond motifs is 1. The average Bonchev–Trinajstić information content (AvgIpc) is 3.50. The van der Waals surface area contributed by atoms with Crippen LogP contribution in [-0.2, 0) is 11.2 Å². The fraction of sp³-hybridized carbons (Fsp3) is 0.680. The van der Waals surface area contributed by atoms with Crippen LogP contribution in [0.5, 0.6) is 5.75 Å². The summed E-state index contributed by atoms with van der Waals surface area (Å²) < 4.78 is 5.93. The number of hydrogen-bond acceptors (Lipinski definition) is 3. The number of carbonyl (C=O) groups excluding carboxylic acids is 2. The van der Waals surface area contributed by atoms with Crippen LogP contribution in [-0.4, -0.2) is 18.2 Å². The van der Waals surface area contributed by atoms with E-state index in [1.807, 2.05) is 6.07 Å². The number of rotatable bonds is 13. The maximum Gasteiger partial charge on any atom is 0.171 e. The van der Waals surface area contributed by atoms with Gasteiger partial charge in [0.25, 0.3) is 0 Å². The van der Waals surface area contributed by atoms with Gasteiger partial charge in [0.2, 0.25) is 0 Å². The lowest BCUT2D eigenvalue weighted by atomic mass is 9.75. The van der Waals surface area contributed by atoms with E-state index in [-0.39, 0.29) is 17.0 Å². The van der Waals surface area contributed by atoms with E-state index in [1.54, 1.807) is 6.92 Å². The molecule has 166 valence electrons. The van der Waals surface area contributed by atoms with Gasteiger partial charge in [-0.1, -0.05) is 55.8 Å². The van der Waals surface area contributed by atoms with Gasteiger partial charge in [-0.2, -0.15) is 0 Å². The molecular weight excluding hydrogens is 419 g/mol. The Kier molecular flexibility index (Phi) is 8.26. The minimum Gasteiger partial charge on any atom is -0.492 e. The first-order valence-corrected chi connectivity index (χ1v) is 12.3. The third-order valence-electron chi connectivity index (χ3n) is 6.66. The van der Waals surface area contributed by atoms with Gasteiger partial charge in [0, 0.05) is 17.4 Å². The molecule has 30 heavy (non-hydrogen) atoms. The molecule has 0 N–H and O–H groups in total. The predicted molar refractivity (Wildman–Crippen MR) is 123 cm³/mol. The van der Waals surface area contributed by atoms with Crippen LogP contribution < -0.4 is 4.74 Å². The van der Waals surface area contributed by atoms with Crippen molar-refractivity contribution in [3.05, 3.63) is 27.2 Å². The quantitative estimate of drug-likeness (QED) is 0.289. The second-order valence-electron chi connectivity index (χ2n) is 9.27. The number of hydrogen-bond donors (Lipinski definition) is 0. The van der Waals surface area contributed by atoms with Gasteiger partial charge < -0.3 is 9.53 Å². The normalized spacial score (nSPS) is 20.5. The molecule has 0 amide bonds. The van der Waals surface area contributed by atoms with E-state index in [2.05, 4.69) is 6.92 Å². The van der Waals surface area contributed by atoms with Crippen LogP contribution in [0.4, 0.5) is 0 Å². The van der Waals surface area contributed by atoms with Gasteiger partial charge in [0.15, 0.2) is 5.78 Å². The molecule has 3 nitrogen and oxygen atoms in total. The molecule has 2 aliphatic rings. The van der Waals surface area contributed by atoms with Crippen LogP contribution >= 0.6 is 23.2 Å². The molecule has 1 fully saturated rings. The summed E-state index contributed by atoms with van der Waals surface area (Å²) in [5.74, 6) is 1.80. The lowest BCUT2D eigenvalue weighted by Gasteiger charge is -2.27. The minimum atomic E-state index is -0.320. The summed E-state index contributed by atoms with van der Waals surface area (Å²) in [6.45, 7) is 4.33. The summed E-state index contributed by atoms with van der Waals surface area (Å²) in [4.78, 5) is 24.5. The molecule has 0 aromatic heterocycles. The van der Waals surface area contributed by atoms with E-state index in [9.17, 15) is 9.59 Å². The van der Waals surface area contributed by atoms with E-state index < -0.39 is 0 Å². The summed E-state index contributed by atoms with van der Waals surface area (Å²) in [5, 5.41) is 0.705. The summed E-state index contributed by atoms with van der Waals surface area (Å²) >= 11 is 13.1. The molecule has 0 heterocycles. The monoisotopic (exact) mass is 452 g/mol. The van der Waals surface area contributed by atoms with Crippen molar-refractivity contribution < 1.29 is 14.3 Å². The predicted octanol–water partition coefficient (Wildman–Crippen LogP) is 7.63. The highest BCUT2D eigenvalue weighted by molar-refractivity contribution is 6.45. The van der Waals surface area contributed by atoms with Gasteiger partial charge in [0.05, 0.1) is 11.6 Å². The van der Waals surface area contributed by atoms with Crippen LogP contribution in [0.2, 0.25) is 10.0 Å². The maximum absolute atomic E-state index is 13.5. The van der Waals surface area contributed by atoms with Gasteiger partial charge in [0.1, 0.15) is 16.6 Å². The molecule has 1 aromatic carbocycles. The first kappa shape index (κ1) is 23.6. The number of unbranched alkanes of at least 4 members (excludes halogenated alkanes) is 3. The van der Waals surface area contributed by atoms with Crippen molar-refractivity contribution in [2.75, 3.05) is 6.61 Å². The molecule has 1 saturated carbocycles. The molecular formula is C25H34Cl2O3. The molecule has 1 atom stereocenters. The van der Waals surface area contributed by atoms with Crippen LogP contribution in [0.15, 0.2) is 6.07 Å². The van der Waals surface area contributed by atoms with Crippen molar-refractivity contribution in [3.63, 3.8) is 0 Å². The Hall–Kier alpha value is -1.06. The average molecular weight is 453 g/mol. The second-order valence-corrected chi connectivity index (χ2v) is 10.0. The Bertz CT molecular complexity index is 785. The largest absolute Gasteiger partial charge is 0.492 e. The fourth-order valence-electron chi connectivity index (χ4n) is 4.62. The lowest BCUT2D eigenvalue weighted by molar-refractivity contribution is -0.117. The van der Waals surface area contributed by atoms with Crippen LogP contribution in [0.3, 0.4) is 0 Å². The van der Waals surface area contributed by atoms with Crippen LogP contribution in [0.25, 0.3) is 0 Å². The molecule has 2 aliphatic carbocycles. The highest BCUT2D eigenvalue weighted by atomic mass is 35.5. The van der Waals surface area contributed by atoms with Gasteiger partial charge >= 0.3 is 0 Å². The summed E-state index contributed by atoms with van der Waals surface area (Å²) in [6, 6.07) is 1.95. The molecule has 0 radical (unpaired) electrons. The first-order chi connectivity index (χ1) is 14.4. The third-order valence-corrected chi connectivity index (χ3v) is 7.51. The van der Waals surface area contributed by atoms with E-state index in [4.69, 9.17) is 27.9 Å². The molecule has 5 heteroatoms. The number of carbonyl (C=O) groups is 2. The summed E-state index contributed by atoms with van der Waals surface area (Å²) in [5.41, 5.74) is 1.30. The zero-order valence-electron chi connectivity index (χ0n) is 18.3. The van der Waals surface area contributed by atoms with Gasteiger partial charge in [-0.25, -0.2) is 0 Å². The van der Waals surface area contributed by atoms with Crippen molar-refractivity contribution in [2.24, 2.45) is 11.3 Å². The molecule has 3 rings (SSSR count). The van der Waals surface area contributed by atoms with Crippen molar-refractivity contribution in [1.82, 2.24) is 0 Å². The molecule has 0 bridgehead atoms. The zero-order chi connectivity index (χ0) is 21.7. The first-order valence-electron chi connectivity index (χ1n) is 11.6. The van der Waals surface area contributed by atoms with Crippen molar-refractivity contribution in [1.29, 1.82) is 0 Å². The third kappa shape index (κ3) is 5.59. The second kappa shape index (κ2) is 10.5. The van der Waals surface area contributed by atoms with Gasteiger partial charge in [-0.15, -0.1) is 0 Å². The Morgan fingerprint density at radius 3 is 2.57 bits per heavy atom. The number of halogens is 2. The Morgan fingerprint density at radius 2 is 1.90 bits per heavy atom. The molecule has 0 aliphatic heterocycles. The smallest absolute Gasteiger partial charge is 0.171 e. The van der Waals surface area contributed by atoms with Crippen LogP contribution in [0.1, 0.15) is 100 Å². The van der Waals surface area contributed by atoms with Gasteiger partial charge in [-0.3, -0.25) is 4.79 Å². The Morgan fingerprint density at radius 1 is 1.13 bits per heavy atom. The standard InChI is InChI=1S/C25H34Cl2O3/c1-3-4-12-25(13-11-18-9-10-18)16-19-15-20(22(26)23(27)21(19)24(25)29)30-14-7-5-6-8-17(2)28/h15,18H,3-14,16H2,1-2H3. The number of Topliss-reactive ketones (excluding diaryl/α,β-unsaturated/α-hetero) is 2. The molecule has 1 unspecified atom stereocenters. The fourth-order valence-corrected chi connectivity index (χ4v) is 5.12. The molecule has 0 spiro atoms. The number of ether oxygens (including phenoxy) is 1. The molecule has 0 saturated heterocycles. The summed E-state index contributed by atoms with van der Waals surface area (Å²) in [7, 11) is 0. The summed E-state index contributed by atoms with van der Waals surface area (Å²) in [6.07, 6.45) is 11.8. The Labute approximate surface area is 190 Å². The van der Waals surface area contributed by atoms with E-state index >= 15 is 0 Å². The topological polar surface area (TPSA) is 43.4 Å². The zero-order valence-corrected chi connectivity index (χ0v) is 19.8. The van der Waals surface area contributed by atoms with Crippen molar-refractivity contribution in [2.45, 2.75) is 90.9 Å². The van der Waals surface area contributed by atoms with E-state index in [0.717, 1.165) is 69.3 Å².